The zero-order chi connectivity index (χ0) is 20.1. The van der Waals surface area contributed by atoms with Gasteiger partial charge in [-0.25, -0.2) is 4.98 Å². The number of carbonyl (C=O) groups is 1. The molecule has 0 aliphatic carbocycles. The van der Waals surface area contributed by atoms with Crippen molar-refractivity contribution < 1.29 is 9.53 Å². The van der Waals surface area contributed by atoms with Crippen LogP contribution in [0.2, 0.25) is 0 Å². The Morgan fingerprint density at radius 1 is 1.18 bits per heavy atom. The number of rotatable bonds is 8. The highest BCUT2D eigenvalue weighted by Gasteiger charge is 2.18. The summed E-state index contributed by atoms with van der Waals surface area (Å²) in [4.78, 5) is 30.3. The molecular formula is C22H24N2O3S. The third kappa shape index (κ3) is 4.34. The Bertz CT molecular complexity index is 1030. The molecule has 0 amide bonds. The van der Waals surface area contributed by atoms with Crippen LogP contribution in [0.4, 0.5) is 0 Å². The predicted molar refractivity (Wildman–Crippen MR) is 113 cm³/mol. The van der Waals surface area contributed by atoms with Gasteiger partial charge in [0.2, 0.25) is 0 Å². The summed E-state index contributed by atoms with van der Waals surface area (Å²) in [5.74, 6) is 0.233. The first-order valence-corrected chi connectivity index (χ1v) is 10.3. The molecule has 0 fully saturated rings. The molecule has 0 aliphatic rings. The molecule has 0 aliphatic heterocycles. The van der Waals surface area contributed by atoms with Crippen molar-refractivity contribution in [1.82, 2.24) is 9.55 Å². The fourth-order valence-corrected chi connectivity index (χ4v) is 4.06. The molecule has 1 unspecified atom stereocenters. The van der Waals surface area contributed by atoms with Crippen molar-refractivity contribution in [3.8, 4) is 0 Å². The van der Waals surface area contributed by atoms with E-state index in [1.807, 2.05) is 49.4 Å². The zero-order valence-electron chi connectivity index (χ0n) is 16.3. The number of hydrogen-bond acceptors (Lipinski definition) is 5. The van der Waals surface area contributed by atoms with Crippen molar-refractivity contribution >= 4 is 28.4 Å². The number of Topliss-reactive ketones (excluding diaryl/α,β-unsaturated/α-hetero) is 1. The Morgan fingerprint density at radius 3 is 2.57 bits per heavy atom. The van der Waals surface area contributed by atoms with Gasteiger partial charge in [0.25, 0.3) is 5.56 Å². The first-order valence-electron chi connectivity index (χ1n) is 9.30. The highest BCUT2D eigenvalue weighted by atomic mass is 32.2. The van der Waals surface area contributed by atoms with Crippen LogP contribution in [0.5, 0.6) is 0 Å². The highest BCUT2D eigenvalue weighted by Crippen LogP contribution is 2.22. The molecule has 2 aromatic carbocycles. The SMILES string of the molecule is CCc1ccc(C(=O)CSc2nc3ccccc3c(=O)n2C(C)COC)cc1. The van der Waals surface area contributed by atoms with Crippen molar-refractivity contribution in [2.75, 3.05) is 19.5 Å². The van der Waals surface area contributed by atoms with Gasteiger partial charge in [0, 0.05) is 12.7 Å². The molecule has 0 bridgehead atoms. The summed E-state index contributed by atoms with van der Waals surface area (Å²) >= 11 is 1.29. The Balaban J connectivity index is 1.91. The quantitative estimate of drug-likeness (QED) is 0.325. The maximum absolute atomic E-state index is 13.0. The summed E-state index contributed by atoms with van der Waals surface area (Å²) in [7, 11) is 1.60. The normalized spacial score (nSPS) is 12.2. The van der Waals surface area contributed by atoms with Gasteiger partial charge in [-0.3, -0.25) is 14.2 Å². The average Bonchev–Trinajstić information content (AvgIpc) is 2.72. The number of hydrogen-bond donors (Lipinski definition) is 0. The standard InChI is InChI=1S/C22H24N2O3S/c1-4-16-9-11-17(12-10-16)20(25)14-28-22-23-19-8-6-5-7-18(19)21(26)24(22)15(2)13-27-3/h5-12,15H,4,13-14H2,1-3H3. The summed E-state index contributed by atoms with van der Waals surface area (Å²) < 4.78 is 6.86. The second-order valence-corrected chi connectivity index (χ2v) is 7.60. The maximum atomic E-state index is 13.0. The van der Waals surface area contributed by atoms with Gasteiger partial charge in [-0.2, -0.15) is 0 Å². The van der Waals surface area contributed by atoms with E-state index in [1.54, 1.807) is 17.7 Å². The fraction of sp³-hybridized carbons (Fsp3) is 0.318. The first-order chi connectivity index (χ1) is 13.5. The van der Waals surface area contributed by atoms with Crippen LogP contribution in [0, 0.1) is 0 Å². The van der Waals surface area contributed by atoms with Crippen molar-refractivity contribution in [3.63, 3.8) is 0 Å². The fourth-order valence-electron chi connectivity index (χ4n) is 3.07. The number of ether oxygens (including phenoxy) is 1. The van der Waals surface area contributed by atoms with E-state index in [4.69, 9.17) is 4.74 Å². The van der Waals surface area contributed by atoms with E-state index in [2.05, 4.69) is 11.9 Å². The number of methoxy groups -OCH3 is 1. The molecule has 0 saturated heterocycles. The summed E-state index contributed by atoms with van der Waals surface area (Å²) in [5.41, 5.74) is 2.39. The Morgan fingerprint density at radius 2 is 1.89 bits per heavy atom. The lowest BCUT2D eigenvalue weighted by Gasteiger charge is -2.18. The number of fused-ring (bicyclic) bond motifs is 1. The molecule has 146 valence electrons. The minimum absolute atomic E-state index is 0.0148. The summed E-state index contributed by atoms with van der Waals surface area (Å²) in [6, 6.07) is 14.8. The van der Waals surface area contributed by atoms with Crippen molar-refractivity contribution in [3.05, 3.63) is 70.0 Å². The molecule has 1 heterocycles. The predicted octanol–water partition coefficient (Wildman–Crippen LogP) is 4.14. The topological polar surface area (TPSA) is 61.2 Å². The minimum Gasteiger partial charge on any atom is -0.383 e. The van der Waals surface area contributed by atoms with Crippen LogP contribution in [0.25, 0.3) is 10.9 Å². The van der Waals surface area contributed by atoms with E-state index in [1.165, 1.54) is 17.3 Å². The van der Waals surface area contributed by atoms with Crippen LogP contribution < -0.4 is 5.56 Å². The number of nitrogens with zero attached hydrogens (tertiary/aromatic N) is 2. The van der Waals surface area contributed by atoms with Crippen LogP contribution in [-0.4, -0.2) is 34.8 Å². The Labute approximate surface area is 168 Å². The van der Waals surface area contributed by atoms with Crippen LogP contribution in [0.15, 0.2) is 58.5 Å². The lowest BCUT2D eigenvalue weighted by Crippen LogP contribution is -2.28. The Hall–Kier alpha value is -2.44. The number of benzene rings is 2. The average molecular weight is 397 g/mol. The van der Waals surface area contributed by atoms with Crippen LogP contribution in [0.3, 0.4) is 0 Å². The largest absolute Gasteiger partial charge is 0.383 e. The van der Waals surface area contributed by atoms with Gasteiger partial charge in [-0.1, -0.05) is 55.1 Å². The van der Waals surface area contributed by atoms with E-state index in [0.717, 1.165) is 6.42 Å². The zero-order valence-corrected chi connectivity index (χ0v) is 17.2. The second-order valence-electron chi connectivity index (χ2n) is 6.65. The molecule has 0 radical (unpaired) electrons. The number of carbonyl (C=O) groups excluding carboxylic acids is 1. The molecule has 1 aromatic heterocycles. The lowest BCUT2D eigenvalue weighted by atomic mass is 10.1. The third-order valence-corrected chi connectivity index (χ3v) is 5.59. The van der Waals surface area contributed by atoms with Crippen molar-refractivity contribution in [2.24, 2.45) is 0 Å². The van der Waals surface area contributed by atoms with Crippen LogP contribution >= 0.6 is 11.8 Å². The lowest BCUT2D eigenvalue weighted by molar-refractivity contribution is 0.102. The number of aromatic nitrogens is 2. The summed E-state index contributed by atoms with van der Waals surface area (Å²) in [6.45, 7) is 4.38. The van der Waals surface area contributed by atoms with Gasteiger partial charge in [0.15, 0.2) is 10.9 Å². The molecule has 1 atom stereocenters. The van der Waals surface area contributed by atoms with Gasteiger partial charge >= 0.3 is 0 Å². The smallest absolute Gasteiger partial charge is 0.262 e. The summed E-state index contributed by atoms with van der Waals surface area (Å²) in [5, 5.41) is 1.10. The number of aryl methyl sites for hydroxylation is 1. The maximum Gasteiger partial charge on any atom is 0.262 e. The van der Waals surface area contributed by atoms with E-state index in [9.17, 15) is 9.59 Å². The van der Waals surface area contributed by atoms with Gasteiger partial charge in [0.05, 0.1) is 29.3 Å². The molecule has 6 heteroatoms. The van der Waals surface area contributed by atoms with Crippen LogP contribution in [-0.2, 0) is 11.2 Å². The van der Waals surface area contributed by atoms with E-state index < -0.39 is 0 Å². The van der Waals surface area contributed by atoms with Gasteiger partial charge in [0.1, 0.15) is 0 Å². The molecule has 0 spiro atoms. The summed E-state index contributed by atoms with van der Waals surface area (Å²) in [6.07, 6.45) is 0.938. The molecular weight excluding hydrogens is 372 g/mol. The van der Waals surface area contributed by atoms with Gasteiger partial charge in [-0.05, 0) is 31.0 Å². The number of para-hydroxylation sites is 1. The van der Waals surface area contributed by atoms with E-state index >= 15 is 0 Å². The molecule has 3 rings (SSSR count). The molecule has 28 heavy (non-hydrogen) atoms. The van der Waals surface area contributed by atoms with Gasteiger partial charge in [-0.15, -0.1) is 0 Å². The molecule has 3 aromatic rings. The van der Waals surface area contributed by atoms with Crippen LogP contribution in [0.1, 0.15) is 35.8 Å². The molecule has 0 saturated carbocycles. The molecule has 5 nitrogen and oxygen atoms in total. The van der Waals surface area contributed by atoms with E-state index in [0.29, 0.717) is 28.2 Å². The third-order valence-electron chi connectivity index (χ3n) is 4.64. The van der Waals surface area contributed by atoms with Crippen molar-refractivity contribution in [1.29, 1.82) is 0 Å². The Kier molecular flexibility index (Phi) is 6.65. The highest BCUT2D eigenvalue weighted by molar-refractivity contribution is 7.99. The van der Waals surface area contributed by atoms with E-state index in [-0.39, 0.29) is 23.1 Å². The monoisotopic (exact) mass is 396 g/mol. The molecule has 0 N–H and O–H groups in total. The second kappa shape index (κ2) is 9.17. The first kappa shape index (κ1) is 20.3. The van der Waals surface area contributed by atoms with Gasteiger partial charge < -0.3 is 4.74 Å². The number of ketones is 1. The van der Waals surface area contributed by atoms with Crippen molar-refractivity contribution in [2.45, 2.75) is 31.5 Å². The number of thioether (sulfide) groups is 1. The minimum atomic E-state index is -0.184.